The summed E-state index contributed by atoms with van der Waals surface area (Å²) in [7, 11) is 0. The highest BCUT2D eigenvalue weighted by Gasteiger charge is 2.17. The molecule has 164 valence electrons. The number of aryl methyl sites for hydroxylation is 2. The van der Waals surface area contributed by atoms with Crippen molar-refractivity contribution in [3.63, 3.8) is 0 Å². The van der Waals surface area contributed by atoms with E-state index in [1.165, 1.54) is 16.5 Å². The van der Waals surface area contributed by atoms with Crippen LogP contribution in [-0.4, -0.2) is 32.2 Å². The molecule has 33 heavy (non-hydrogen) atoms. The largest absolute Gasteiger partial charge is 0.361 e. The number of carbonyl (C=O) groups is 1. The van der Waals surface area contributed by atoms with Gasteiger partial charge in [0.25, 0.3) is 5.91 Å². The van der Waals surface area contributed by atoms with Crippen molar-refractivity contribution in [2.75, 3.05) is 6.54 Å². The molecule has 0 bridgehead atoms. The molecule has 0 aliphatic heterocycles. The molecule has 0 fully saturated rings. The molecule has 2 N–H and O–H groups in total. The van der Waals surface area contributed by atoms with E-state index in [0.717, 1.165) is 29.9 Å². The van der Waals surface area contributed by atoms with Crippen molar-refractivity contribution in [1.82, 2.24) is 25.1 Å². The van der Waals surface area contributed by atoms with Crippen molar-refractivity contribution in [3.8, 4) is 5.69 Å². The van der Waals surface area contributed by atoms with Gasteiger partial charge in [0.1, 0.15) is 5.82 Å². The summed E-state index contributed by atoms with van der Waals surface area (Å²) < 4.78 is 1.78. The molecule has 0 saturated carbocycles. The number of nitrogens with zero attached hydrogens (tertiary/aromatic N) is 3. The predicted molar refractivity (Wildman–Crippen MR) is 130 cm³/mol. The van der Waals surface area contributed by atoms with E-state index in [9.17, 15) is 4.79 Å². The molecular weight excluding hydrogens is 410 g/mol. The third kappa shape index (κ3) is 4.70. The SMILES string of the molecule is O=C(NCCc1c[nH]c2ccccc12)c1nc(CCc2ccccc2)n(-c2ccccc2)n1. The molecule has 6 heteroatoms. The van der Waals surface area contributed by atoms with Gasteiger partial charge in [-0.25, -0.2) is 9.67 Å². The lowest BCUT2D eigenvalue weighted by Crippen LogP contribution is -2.26. The number of para-hydroxylation sites is 2. The Balaban J connectivity index is 1.30. The molecule has 5 aromatic rings. The Bertz CT molecular complexity index is 1360. The highest BCUT2D eigenvalue weighted by atomic mass is 16.2. The number of hydrogen-bond donors (Lipinski definition) is 2. The summed E-state index contributed by atoms with van der Waals surface area (Å²) in [6.45, 7) is 0.514. The van der Waals surface area contributed by atoms with Gasteiger partial charge in [0.15, 0.2) is 0 Å². The zero-order valence-electron chi connectivity index (χ0n) is 18.2. The molecule has 0 aliphatic carbocycles. The Hall–Kier alpha value is -4.19. The average molecular weight is 436 g/mol. The second-order valence-electron chi connectivity index (χ2n) is 7.95. The van der Waals surface area contributed by atoms with Crippen LogP contribution in [-0.2, 0) is 19.3 Å². The van der Waals surface area contributed by atoms with E-state index in [-0.39, 0.29) is 11.7 Å². The Morgan fingerprint density at radius 1 is 0.848 bits per heavy atom. The standard InChI is InChI=1S/C27H25N5O/c33-27(28-18-17-21-19-29-24-14-8-7-13-23(21)24)26-30-25(16-15-20-9-3-1-4-10-20)32(31-26)22-11-5-2-6-12-22/h1-14,19,29H,15-18H2,(H,28,33). The lowest BCUT2D eigenvalue weighted by Gasteiger charge is -2.05. The summed E-state index contributed by atoms with van der Waals surface area (Å²) in [6, 6.07) is 28.3. The van der Waals surface area contributed by atoms with Crippen LogP contribution >= 0.6 is 0 Å². The number of amides is 1. The second-order valence-corrected chi connectivity index (χ2v) is 7.95. The fourth-order valence-corrected chi connectivity index (χ4v) is 4.01. The molecule has 0 spiro atoms. The molecule has 0 saturated heterocycles. The Kier molecular flexibility index (Phi) is 5.97. The molecule has 3 aromatic carbocycles. The molecule has 2 aromatic heterocycles. The Labute approximate surface area is 192 Å². The maximum atomic E-state index is 12.9. The van der Waals surface area contributed by atoms with E-state index in [2.05, 4.69) is 44.6 Å². The van der Waals surface area contributed by atoms with Crippen LogP contribution in [0, 0.1) is 0 Å². The number of rotatable bonds is 8. The third-order valence-corrected chi connectivity index (χ3v) is 5.71. The molecule has 0 unspecified atom stereocenters. The van der Waals surface area contributed by atoms with Crippen LogP contribution in [0.15, 0.2) is 91.1 Å². The van der Waals surface area contributed by atoms with Crippen molar-refractivity contribution in [3.05, 3.63) is 114 Å². The monoisotopic (exact) mass is 435 g/mol. The minimum Gasteiger partial charge on any atom is -0.361 e. The van der Waals surface area contributed by atoms with Gasteiger partial charge in [0.2, 0.25) is 5.82 Å². The maximum Gasteiger partial charge on any atom is 0.290 e. The number of aromatic amines is 1. The molecule has 0 aliphatic rings. The highest BCUT2D eigenvalue weighted by Crippen LogP contribution is 2.18. The first kappa shape index (κ1) is 20.7. The number of hydrogen-bond acceptors (Lipinski definition) is 3. The first-order chi connectivity index (χ1) is 16.3. The van der Waals surface area contributed by atoms with Gasteiger partial charge in [-0.3, -0.25) is 4.79 Å². The van der Waals surface area contributed by atoms with E-state index < -0.39 is 0 Å². The normalized spacial score (nSPS) is 11.0. The highest BCUT2D eigenvalue weighted by molar-refractivity contribution is 5.90. The summed E-state index contributed by atoms with van der Waals surface area (Å²) in [5.74, 6) is 0.707. The number of benzene rings is 3. The fourth-order valence-electron chi connectivity index (χ4n) is 4.01. The van der Waals surface area contributed by atoms with Crippen molar-refractivity contribution in [2.45, 2.75) is 19.3 Å². The summed E-state index contributed by atoms with van der Waals surface area (Å²) in [6.07, 6.45) is 4.25. The minimum atomic E-state index is -0.259. The van der Waals surface area contributed by atoms with Crippen LogP contribution < -0.4 is 5.32 Å². The first-order valence-corrected chi connectivity index (χ1v) is 11.2. The summed E-state index contributed by atoms with van der Waals surface area (Å²) in [5.41, 5.74) is 4.40. The summed E-state index contributed by atoms with van der Waals surface area (Å²) in [4.78, 5) is 20.7. The number of H-pyrrole nitrogens is 1. The first-order valence-electron chi connectivity index (χ1n) is 11.2. The van der Waals surface area contributed by atoms with Gasteiger partial charge in [0.05, 0.1) is 5.69 Å². The average Bonchev–Trinajstić information content (AvgIpc) is 3.49. The third-order valence-electron chi connectivity index (χ3n) is 5.71. The lowest BCUT2D eigenvalue weighted by molar-refractivity contribution is 0.0944. The smallest absolute Gasteiger partial charge is 0.290 e. The van der Waals surface area contributed by atoms with Crippen LogP contribution in [0.25, 0.3) is 16.6 Å². The molecule has 1 amide bonds. The van der Waals surface area contributed by atoms with E-state index in [1.807, 2.05) is 66.9 Å². The zero-order valence-corrected chi connectivity index (χ0v) is 18.2. The molecule has 6 nitrogen and oxygen atoms in total. The van der Waals surface area contributed by atoms with Gasteiger partial charge in [-0.2, -0.15) is 0 Å². The number of aromatic nitrogens is 4. The molecule has 2 heterocycles. The number of carbonyl (C=O) groups excluding carboxylic acids is 1. The second kappa shape index (κ2) is 9.53. The number of fused-ring (bicyclic) bond motifs is 1. The molecule has 0 atom stereocenters. The van der Waals surface area contributed by atoms with Gasteiger partial charge in [0, 0.05) is 30.1 Å². The zero-order chi connectivity index (χ0) is 22.5. The van der Waals surface area contributed by atoms with E-state index >= 15 is 0 Å². The van der Waals surface area contributed by atoms with Gasteiger partial charge >= 0.3 is 0 Å². The molecule has 5 rings (SSSR count). The van der Waals surface area contributed by atoms with Crippen molar-refractivity contribution < 1.29 is 4.79 Å². The predicted octanol–water partition coefficient (Wildman–Crippen LogP) is 4.51. The van der Waals surface area contributed by atoms with Crippen LogP contribution in [0.1, 0.15) is 27.6 Å². The topological polar surface area (TPSA) is 75.6 Å². The van der Waals surface area contributed by atoms with Crippen LogP contribution in [0.2, 0.25) is 0 Å². The fraction of sp³-hybridized carbons (Fsp3) is 0.148. The molecular formula is C27H25N5O. The summed E-state index contributed by atoms with van der Waals surface area (Å²) >= 11 is 0. The summed E-state index contributed by atoms with van der Waals surface area (Å²) in [5, 5.41) is 8.70. The van der Waals surface area contributed by atoms with Crippen molar-refractivity contribution in [2.24, 2.45) is 0 Å². The quantitative estimate of drug-likeness (QED) is 0.377. The van der Waals surface area contributed by atoms with Gasteiger partial charge in [-0.05, 0) is 42.2 Å². The van der Waals surface area contributed by atoms with Gasteiger partial charge in [-0.15, -0.1) is 5.10 Å². The van der Waals surface area contributed by atoms with Crippen molar-refractivity contribution in [1.29, 1.82) is 0 Å². The lowest BCUT2D eigenvalue weighted by atomic mass is 10.1. The van der Waals surface area contributed by atoms with Crippen LogP contribution in [0.4, 0.5) is 0 Å². The minimum absolute atomic E-state index is 0.195. The van der Waals surface area contributed by atoms with Crippen LogP contribution in [0.3, 0.4) is 0 Å². The van der Waals surface area contributed by atoms with Gasteiger partial charge < -0.3 is 10.3 Å². The van der Waals surface area contributed by atoms with E-state index in [1.54, 1.807) is 4.68 Å². The van der Waals surface area contributed by atoms with Crippen LogP contribution in [0.5, 0.6) is 0 Å². The Morgan fingerprint density at radius 2 is 1.58 bits per heavy atom. The maximum absolute atomic E-state index is 12.9. The Morgan fingerprint density at radius 3 is 2.39 bits per heavy atom. The van der Waals surface area contributed by atoms with E-state index in [0.29, 0.717) is 13.0 Å². The number of nitrogens with one attached hydrogen (secondary N) is 2. The van der Waals surface area contributed by atoms with E-state index in [4.69, 9.17) is 0 Å². The van der Waals surface area contributed by atoms with Crippen molar-refractivity contribution >= 4 is 16.8 Å². The van der Waals surface area contributed by atoms with Gasteiger partial charge in [-0.1, -0.05) is 66.7 Å². The molecule has 0 radical (unpaired) electrons.